The fraction of sp³-hybridized carbons (Fsp3) is 0.533. The van der Waals surface area contributed by atoms with E-state index < -0.39 is 0 Å². The number of hydrogen-bond acceptors (Lipinski definition) is 3. The van der Waals surface area contributed by atoms with E-state index >= 15 is 0 Å². The van der Waals surface area contributed by atoms with Gasteiger partial charge in [-0.1, -0.05) is 6.07 Å². The number of carbonyl (C=O) groups excluding carboxylic acids is 1. The van der Waals surface area contributed by atoms with Crippen molar-refractivity contribution in [3.8, 4) is 5.75 Å². The van der Waals surface area contributed by atoms with E-state index in [4.69, 9.17) is 4.74 Å². The van der Waals surface area contributed by atoms with Crippen molar-refractivity contribution in [2.75, 3.05) is 18.1 Å². The highest BCUT2D eigenvalue weighted by atomic mass is 16.5. The standard InChI is InChI=1S/C15H23NO3/c1-6-16(14(18)10-19-15(3,4)5)13-9-12(17)8-7-11(13)2/h7-9,17H,6,10H2,1-5H3. The third kappa shape index (κ3) is 4.56. The van der Waals surface area contributed by atoms with Crippen molar-refractivity contribution in [1.29, 1.82) is 0 Å². The van der Waals surface area contributed by atoms with Crippen LogP contribution in [0, 0.1) is 6.92 Å². The molecule has 4 heteroatoms. The topological polar surface area (TPSA) is 49.8 Å². The van der Waals surface area contributed by atoms with Gasteiger partial charge < -0.3 is 14.7 Å². The number of rotatable bonds is 4. The molecule has 0 atom stereocenters. The number of amides is 1. The molecule has 4 nitrogen and oxygen atoms in total. The molecule has 0 aliphatic carbocycles. The van der Waals surface area contributed by atoms with Gasteiger partial charge in [-0.25, -0.2) is 0 Å². The Morgan fingerprint density at radius 1 is 1.37 bits per heavy atom. The number of nitrogens with zero attached hydrogens (tertiary/aromatic N) is 1. The molecular formula is C15H23NO3. The second kappa shape index (κ2) is 6.06. The number of benzene rings is 1. The van der Waals surface area contributed by atoms with Crippen molar-refractivity contribution in [3.63, 3.8) is 0 Å². The van der Waals surface area contributed by atoms with Crippen molar-refractivity contribution in [2.24, 2.45) is 0 Å². The Balaban J connectivity index is 2.88. The van der Waals surface area contributed by atoms with Gasteiger partial charge in [0.25, 0.3) is 5.91 Å². The molecule has 0 saturated heterocycles. The van der Waals surface area contributed by atoms with Crippen LogP contribution in [-0.2, 0) is 9.53 Å². The molecule has 0 aliphatic rings. The van der Waals surface area contributed by atoms with E-state index in [9.17, 15) is 9.90 Å². The van der Waals surface area contributed by atoms with E-state index in [1.165, 1.54) is 0 Å². The summed E-state index contributed by atoms with van der Waals surface area (Å²) in [5, 5.41) is 9.55. The second-order valence-electron chi connectivity index (χ2n) is 5.51. The lowest BCUT2D eigenvalue weighted by Crippen LogP contribution is -2.36. The van der Waals surface area contributed by atoms with Crippen LogP contribution in [0.2, 0.25) is 0 Å². The molecule has 1 N–H and O–H groups in total. The minimum absolute atomic E-state index is 0.0342. The molecule has 0 heterocycles. The van der Waals surface area contributed by atoms with Gasteiger partial charge in [0.2, 0.25) is 0 Å². The predicted molar refractivity (Wildman–Crippen MR) is 76.6 cm³/mol. The van der Waals surface area contributed by atoms with Crippen molar-refractivity contribution < 1.29 is 14.6 Å². The lowest BCUT2D eigenvalue weighted by molar-refractivity contribution is -0.127. The Morgan fingerprint density at radius 3 is 2.53 bits per heavy atom. The van der Waals surface area contributed by atoms with E-state index in [1.807, 2.05) is 34.6 Å². The summed E-state index contributed by atoms with van der Waals surface area (Å²) in [6.07, 6.45) is 0. The van der Waals surface area contributed by atoms with Crippen LogP contribution in [0.4, 0.5) is 5.69 Å². The van der Waals surface area contributed by atoms with Crippen LogP contribution in [0.5, 0.6) is 5.75 Å². The van der Waals surface area contributed by atoms with Crippen molar-refractivity contribution in [2.45, 2.75) is 40.2 Å². The number of phenolic OH excluding ortho intramolecular Hbond substituents is 1. The molecule has 0 saturated carbocycles. The Kier molecular flexibility index (Phi) is 4.95. The summed E-state index contributed by atoms with van der Waals surface area (Å²) in [4.78, 5) is 13.8. The van der Waals surface area contributed by atoms with Gasteiger partial charge in [-0.3, -0.25) is 4.79 Å². The van der Waals surface area contributed by atoms with Gasteiger partial charge in [0.1, 0.15) is 12.4 Å². The summed E-state index contributed by atoms with van der Waals surface area (Å²) in [7, 11) is 0. The summed E-state index contributed by atoms with van der Waals surface area (Å²) >= 11 is 0. The summed E-state index contributed by atoms with van der Waals surface area (Å²) in [6.45, 7) is 10.1. The van der Waals surface area contributed by atoms with E-state index in [0.29, 0.717) is 6.54 Å². The SMILES string of the molecule is CCN(C(=O)COC(C)(C)C)c1cc(O)ccc1C. The highest BCUT2D eigenvalue weighted by molar-refractivity contribution is 5.95. The first-order valence-electron chi connectivity index (χ1n) is 6.48. The van der Waals surface area contributed by atoms with Gasteiger partial charge in [-0.15, -0.1) is 0 Å². The number of aryl methyl sites for hydroxylation is 1. The molecule has 0 radical (unpaired) electrons. The second-order valence-corrected chi connectivity index (χ2v) is 5.51. The third-order valence-electron chi connectivity index (χ3n) is 2.73. The highest BCUT2D eigenvalue weighted by Gasteiger charge is 2.19. The van der Waals surface area contributed by atoms with Crippen LogP contribution in [-0.4, -0.2) is 29.8 Å². The molecule has 19 heavy (non-hydrogen) atoms. The lowest BCUT2D eigenvalue weighted by atomic mass is 10.1. The van der Waals surface area contributed by atoms with E-state index in [0.717, 1.165) is 11.3 Å². The summed E-state index contributed by atoms with van der Waals surface area (Å²) in [6, 6.07) is 5.02. The van der Waals surface area contributed by atoms with Gasteiger partial charge in [0.05, 0.1) is 11.3 Å². The monoisotopic (exact) mass is 265 g/mol. The normalized spacial score (nSPS) is 11.4. The number of ether oxygens (including phenoxy) is 1. The summed E-state index contributed by atoms with van der Waals surface area (Å²) in [5.74, 6) is 0.0507. The molecule has 1 amide bonds. The maximum absolute atomic E-state index is 12.2. The van der Waals surface area contributed by atoms with Gasteiger partial charge in [0, 0.05) is 12.6 Å². The van der Waals surface area contributed by atoms with Gasteiger partial charge in [-0.2, -0.15) is 0 Å². The Bertz CT molecular complexity index is 449. The zero-order valence-corrected chi connectivity index (χ0v) is 12.4. The van der Waals surface area contributed by atoms with Crippen molar-refractivity contribution >= 4 is 11.6 Å². The van der Waals surface area contributed by atoms with Crippen LogP contribution < -0.4 is 4.90 Å². The Labute approximate surface area is 115 Å². The Hall–Kier alpha value is -1.55. The molecule has 0 bridgehead atoms. The smallest absolute Gasteiger partial charge is 0.253 e. The minimum atomic E-state index is -0.344. The van der Waals surface area contributed by atoms with E-state index in [1.54, 1.807) is 23.1 Å². The maximum atomic E-state index is 12.2. The molecule has 0 unspecified atom stereocenters. The largest absolute Gasteiger partial charge is 0.508 e. The van der Waals surface area contributed by atoms with Crippen LogP contribution >= 0.6 is 0 Å². The summed E-state index contributed by atoms with van der Waals surface area (Å²) < 4.78 is 5.51. The number of aromatic hydroxyl groups is 1. The summed E-state index contributed by atoms with van der Waals surface area (Å²) in [5.41, 5.74) is 1.33. The van der Waals surface area contributed by atoms with Crippen LogP contribution in [0.15, 0.2) is 18.2 Å². The first-order valence-corrected chi connectivity index (χ1v) is 6.48. The van der Waals surface area contributed by atoms with Crippen LogP contribution in [0.25, 0.3) is 0 Å². The molecule has 0 fully saturated rings. The fourth-order valence-electron chi connectivity index (χ4n) is 1.73. The first-order chi connectivity index (χ1) is 8.74. The number of phenols is 1. The zero-order chi connectivity index (χ0) is 14.6. The molecule has 0 aliphatic heterocycles. The average molecular weight is 265 g/mol. The van der Waals surface area contributed by atoms with Gasteiger partial charge >= 0.3 is 0 Å². The van der Waals surface area contributed by atoms with Crippen molar-refractivity contribution in [3.05, 3.63) is 23.8 Å². The molecule has 1 aromatic rings. The van der Waals surface area contributed by atoms with E-state index in [2.05, 4.69) is 0 Å². The van der Waals surface area contributed by atoms with E-state index in [-0.39, 0.29) is 23.9 Å². The quantitative estimate of drug-likeness (QED) is 0.910. The van der Waals surface area contributed by atoms with Gasteiger partial charge in [0.15, 0.2) is 0 Å². The minimum Gasteiger partial charge on any atom is -0.508 e. The zero-order valence-electron chi connectivity index (χ0n) is 12.4. The number of carbonyl (C=O) groups is 1. The predicted octanol–water partition coefficient (Wildman–Crippen LogP) is 2.87. The molecular weight excluding hydrogens is 242 g/mol. The number of hydrogen-bond donors (Lipinski definition) is 1. The number of likely N-dealkylation sites (N-methyl/N-ethyl adjacent to an activating group) is 1. The molecule has 1 rings (SSSR count). The molecule has 0 spiro atoms. The molecule has 1 aromatic carbocycles. The highest BCUT2D eigenvalue weighted by Crippen LogP contribution is 2.25. The fourth-order valence-corrected chi connectivity index (χ4v) is 1.73. The lowest BCUT2D eigenvalue weighted by Gasteiger charge is -2.26. The molecule has 106 valence electrons. The first kappa shape index (κ1) is 15.5. The maximum Gasteiger partial charge on any atom is 0.253 e. The third-order valence-corrected chi connectivity index (χ3v) is 2.73. The average Bonchev–Trinajstić information content (AvgIpc) is 2.31. The van der Waals surface area contributed by atoms with Crippen molar-refractivity contribution in [1.82, 2.24) is 0 Å². The van der Waals surface area contributed by atoms with Crippen LogP contribution in [0.3, 0.4) is 0 Å². The number of anilines is 1. The van der Waals surface area contributed by atoms with Gasteiger partial charge in [-0.05, 0) is 46.2 Å². The van der Waals surface area contributed by atoms with Crippen LogP contribution in [0.1, 0.15) is 33.3 Å². The Morgan fingerprint density at radius 2 is 2.00 bits per heavy atom. The molecule has 0 aromatic heterocycles.